The van der Waals surface area contributed by atoms with E-state index in [4.69, 9.17) is 4.74 Å². The van der Waals surface area contributed by atoms with Crippen molar-refractivity contribution >= 4 is 30.6 Å². The monoisotopic (exact) mass is 321 g/mol. The molecule has 2 heterocycles. The number of fused-ring (bicyclic) bond motifs is 1. The van der Waals surface area contributed by atoms with Crippen molar-refractivity contribution in [3.05, 3.63) is 35.4 Å². The zero-order chi connectivity index (χ0) is 14.7. The summed E-state index contributed by atoms with van der Waals surface area (Å²) in [5, 5.41) is 7.19. The van der Waals surface area contributed by atoms with Gasteiger partial charge in [-0.15, -0.1) is 12.4 Å². The van der Waals surface area contributed by atoms with E-state index in [0.29, 0.717) is 0 Å². The third-order valence-electron chi connectivity index (χ3n) is 3.78. The highest BCUT2D eigenvalue weighted by Crippen LogP contribution is 2.28. The number of halogens is 1. The molecule has 1 aromatic carbocycles. The highest BCUT2D eigenvalue weighted by Gasteiger charge is 2.21. The lowest BCUT2D eigenvalue weighted by molar-refractivity contribution is -0.122. The van der Waals surface area contributed by atoms with Gasteiger partial charge in [0.25, 0.3) is 5.91 Å². The molecule has 0 aliphatic carbocycles. The molecule has 0 spiro atoms. The molecule has 3 rings (SSSR count). The third-order valence-corrected chi connectivity index (χ3v) is 3.78. The number of carbonyl (C=O) groups excluding carboxylic acids is 1. The number of benzene rings is 1. The molecule has 1 unspecified atom stereocenters. The molecule has 2 aliphatic rings. The highest BCUT2D eigenvalue weighted by atomic mass is 35.5. The fraction of sp³-hybridized carbons (Fsp3) is 0.375. The Morgan fingerprint density at radius 3 is 3.05 bits per heavy atom. The predicted molar refractivity (Wildman–Crippen MR) is 89.4 cm³/mol. The van der Waals surface area contributed by atoms with Crippen LogP contribution in [0, 0.1) is 0 Å². The van der Waals surface area contributed by atoms with E-state index in [-0.39, 0.29) is 30.5 Å². The summed E-state index contributed by atoms with van der Waals surface area (Å²) in [6, 6.07) is 7.75. The maximum atomic E-state index is 11.8. The number of amides is 1. The summed E-state index contributed by atoms with van der Waals surface area (Å²) in [6.45, 7) is 2.86. The Morgan fingerprint density at radius 1 is 1.45 bits per heavy atom. The van der Waals surface area contributed by atoms with E-state index in [9.17, 15) is 4.79 Å². The quantitative estimate of drug-likeness (QED) is 0.662. The van der Waals surface area contributed by atoms with Crippen LogP contribution in [0.4, 0.5) is 0 Å². The van der Waals surface area contributed by atoms with Gasteiger partial charge < -0.3 is 10.1 Å². The number of nitrogens with zero attached hydrogens (tertiary/aromatic N) is 1. The predicted octanol–water partition coefficient (Wildman–Crippen LogP) is 2.13. The van der Waals surface area contributed by atoms with E-state index in [1.54, 1.807) is 6.21 Å². The first-order valence-corrected chi connectivity index (χ1v) is 7.27. The minimum atomic E-state index is -0.114. The Morgan fingerprint density at radius 2 is 2.27 bits per heavy atom. The number of hydrogen-bond donors (Lipinski definition) is 2. The van der Waals surface area contributed by atoms with Crippen LogP contribution >= 0.6 is 12.4 Å². The zero-order valence-corrected chi connectivity index (χ0v) is 13.2. The number of hydrogen-bond acceptors (Lipinski definition) is 4. The van der Waals surface area contributed by atoms with Gasteiger partial charge in [-0.3, -0.25) is 4.79 Å². The molecule has 1 aromatic rings. The van der Waals surface area contributed by atoms with Gasteiger partial charge >= 0.3 is 0 Å². The lowest BCUT2D eigenvalue weighted by atomic mass is 10.0. The third kappa shape index (κ3) is 3.67. The van der Waals surface area contributed by atoms with Crippen LogP contribution in [-0.2, 0) is 4.79 Å². The second-order valence-electron chi connectivity index (χ2n) is 5.33. The van der Waals surface area contributed by atoms with Crippen LogP contribution in [0.25, 0.3) is 6.08 Å². The number of hydrazone groups is 1. The number of ether oxygens (including phenoxy) is 1. The molecule has 0 saturated carbocycles. The van der Waals surface area contributed by atoms with Crippen molar-refractivity contribution in [3.63, 3.8) is 0 Å². The fourth-order valence-corrected chi connectivity index (χ4v) is 2.56. The average Bonchev–Trinajstić information content (AvgIpc) is 3.02. The van der Waals surface area contributed by atoms with Crippen molar-refractivity contribution in [2.45, 2.75) is 31.9 Å². The Labute approximate surface area is 136 Å². The molecular weight excluding hydrogens is 302 g/mol. The van der Waals surface area contributed by atoms with Crippen molar-refractivity contribution in [3.8, 4) is 5.75 Å². The molecule has 0 aromatic heterocycles. The van der Waals surface area contributed by atoms with E-state index in [1.807, 2.05) is 37.3 Å². The van der Waals surface area contributed by atoms with Gasteiger partial charge in [0, 0.05) is 11.1 Å². The molecule has 1 amide bonds. The maximum absolute atomic E-state index is 11.8. The molecular formula is C16H20ClN3O2. The second kappa shape index (κ2) is 7.42. The van der Waals surface area contributed by atoms with Crippen molar-refractivity contribution in [2.24, 2.45) is 5.10 Å². The number of carbonyl (C=O) groups is 1. The molecule has 22 heavy (non-hydrogen) atoms. The number of rotatable bonds is 3. The minimum absolute atomic E-state index is 0. The first-order valence-electron chi connectivity index (χ1n) is 7.27. The van der Waals surface area contributed by atoms with Gasteiger partial charge in [0.2, 0.25) is 0 Å². The molecule has 118 valence electrons. The van der Waals surface area contributed by atoms with E-state index in [0.717, 1.165) is 36.3 Å². The number of nitrogens with one attached hydrogen (secondary N) is 2. The summed E-state index contributed by atoms with van der Waals surface area (Å²) in [7, 11) is 0. The van der Waals surface area contributed by atoms with Crippen LogP contribution in [0.1, 0.15) is 25.3 Å². The molecule has 1 saturated heterocycles. The van der Waals surface area contributed by atoms with Gasteiger partial charge in [-0.1, -0.05) is 18.2 Å². The van der Waals surface area contributed by atoms with Crippen LogP contribution in [0.5, 0.6) is 5.75 Å². The average molecular weight is 322 g/mol. The Kier molecular flexibility index (Phi) is 5.57. The summed E-state index contributed by atoms with van der Waals surface area (Å²) in [6.07, 6.45) is 5.52. The molecule has 0 radical (unpaired) electrons. The molecule has 1 fully saturated rings. The van der Waals surface area contributed by atoms with E-state index >= 15 is 0 Å². The Hall–Kier alpha value is -1.85. The van der Waals surface area contributed by atoms with Crippen LogP contribution in [0.2, 0.25) is 0 Å². The number of para-hydroxylation sites is 1. The summed E-state index contributed by atoms with van der Waals surface area (Å²) in [5.41, 5.74) is 4.55. The fourth-order valence-electron chi connectivity index (χ4n) is 2.56. The largest absolute Gasteiger partial charge is 0.485 e. The minimum Gasteiger partial charge on any atom is -0.485 e. The van der Waals surface area contributed by atoms with Crippen LogP contribution in [0.3, 0.4) is 0 Å². The van der Waals surface area contributed by atoms with Crippen molar-refractivity contribution < 1.29 is 9.53 Å². The van der Waals surface area contributed by atoms with Gasteiger partial charge in [-0.25, -0.2) is 5.43 Å². The first-order chi connectivity index (χ1) is 10.2. The maximum Gasteiger partial charge on any atom is 0.257 e. The highest BCUT2D eigenvalue weighted by molar-refractivity contribution is 5.90. The van der Waals surface area contributed by atoms with Crippen molar-refractivity contribution in [1.82, 2.24) is 10.7 Å². The molecule has 0 bridgehead atoms. The van der Waals surface area contributed by atoms with Crippen molar-refractivity contribution in [1.29, 1.82) is 0 Å². The summed E-state index contributed by atoms with van der Waals surface area (Å²) in [5.74, 6) is 0.801. The zero-order valence-electron chi connectivity index (χ0n) is 12.4. The lowest BCUT2D eigenvalue weighted by Crippen LogP contribution is -2.38. The van der Waals surface area contributed by atoms with E-state index < -0.39 is 0 Å². The molecule has 2 aliphatic heterocycles. The van der Waals surface area contributed by atoms with Gasteiger partial charge in [-0.2, -0.15) is 5.10 Å². The smallest absolute Gasteiger partial charge is 0.257 e. The molecule has 6 heteroatoms. The summed E-state index contributed by atoms with van der Waals surface area (Å²) in [4.78, 5) is 11.8. The normalized spacial score (nSPS) is 23.2. The Bertz CT molecular complexity index is 595. The van der Waals surface area contributed by atoms with Gasteiger partial charge in [-0.05, 0) is 38.5 Å². The van der Waals surface area contributed by atoms with E-state index in [2.05, 4.69) is 15.8 Å². The van der Waals surface area contributed by atoms with Crippen LogP contribution in [0.15, 0.2) is 34.9 Å². The van der Waals surface area contributed by atoms with Gasteiger partial charge in [0.15, 0.2) is 0 Å². The van der Waals surface area contributed by atoms with Crippen LogP contribution < -0.4 is 15.5 Å². The molecule has 2 atom stereocenters. The molecule has 5 nitrogen and oxygen atoms in total. The second-order valence-corrected chi connectivity index (χ2v) is 5.33. The topological polar surface area (TPSA) is 62.7 Å². The van der Waals surface area contributed by atoms with Crippen molar-refractivity contribution in [2.75, 3.05) is 6.54 Å². The standard InChI is InChI=1S/C16H19N3O2.ClH/c1-11-13(9-12-5-2-3-7-15(12)21-11)10-18-19-16(20)14-6-4-8-17-14;/h2-3,5,7,9-11,14,17H,4,6,8H2,1H3,(H,19,20);1H/t11?,14-;/m0./s1. The van der Waals surface area contributed by atoms with Crippen LogP contribution in [-0.4, -0.2) is 30.8 Å². The summed E-state index contributed by atoms with van der Waals surface area (Å²) < 4.78 is 5.82. The van der Waals surface area contributed by atoms with E-state index in [1.165, 1.54) is 0 Å². The van der Waals surface area contributed by atoms with Gasteiger partial charge in [0.05, 0.1) is 12.3 Å². The van der Waals surface area contributed by atoms with Gasteiger partial charge in [0.1, 0.15) is 11.9 Å². The first kappa shape index (κ1) is 16.5. The summed E-state index contributed by atoms with van der Waals surface area (Å²) >= 11 is 0. The lowest BCUT2D eigenvalue weighted by Gasteiger charge is -2.22. The molecule has 2 N–H and O–H groups in total. The SMILES string of the molecule is CC1Oc2ccccc2C=C1C=NNC(=O)[C@@H]1CCCN1.Cl. The Balaban J connectivity index is 0.00000176.